The van der Waals surface area contributed by atoms with Crippen LogP contribution < -0.4 is 5.32 Å². The zero-order chi connectivity index (χ0) is 13.9. The summed E-state index contributed by atoms with van der Waals surface area (Å²) >= 11 is 0. The largest absolute Gasteiger partial charge is 0.313 e. The molecule has 0 aliphatic carbocycles. The van der Waals surface area contributed by atoms with Crippen molar-refractivity contribution in [3.8, 4) is 0 Å². The second-order valence-electron chi connectivity index (χ2n) is 4.27. The number of nitrogens with zero attached hydrogens (tertiary/aromatic N) is 1. The molecule has 0 spiro atoms. The number of halogens is 1. The van der Waals surface area contributed by atoms with E-state index in [1.54, 1.807) is 0 Å². The Balaban J connectivity index is 3.31. The van der Waals surface area contributed by atoms with E-state index in [2.05, 4.69) is 5.32 Å². The van der Waals surface area contributed by atoms with Crippen LogP contribution in [0.5, 0.6) is 0 Å². The van der Waals surface area contributed by atoms with E-state index in [4.69, 9.17) is 0 Å². The lowest BCUT2D eigenvalue weighted by molar-refractivity contribution is 0.517. The molecule has 0 aliphatic rings. The van der Waals surface area contributed by atoms with Gasteiger partial charge in [0, 0.05) is 26.2 Å². The van der Waals surface area contributed by atoms with Crippen molar-refractivity contribution in [1.29, 1.82) is 0 Å². The predicted molar refractivity (Wildman–Crippen MR) is 69.4 cm³/mol. The van der Waals surface area contributed by atoms with Crippen molar-refractivity contribution >= 4 is 10.0 Å². The summed E-state index contributed by atoms with van der Waals surface area (Å²) in [4.78, 5) is 0.0282. The molecule has 0 amide bonds. The van der Waals surface area contributed by atoms with Gasteiger partial charge in [0.15, 0.2) is 0 Å². The van der Waals surface area contributed by atoms with Crippen LogP contribution in [-0.2, 0) is 16.6 Å². The number of sulfonamides is 1. The highest BCUT2D eigenvalue weighted by atomic mass is 32.2. The lowest BCUT2D eigenvalue weighted by Crippen LogP contribution is -2.24. The van der Waals surface area contributed by atoms with Crippen molar-refractivity contribution in [1.82, 2.24) is 9.62 Å². The van der Waals surface area contributed by atoms with Gasteiger partial charge in [-0.15, -0.1) is 0 Å². The van der Waals surface area contributed by atoms with E-state index in [-0.39, 0.29) is 10.5 Å². The maximum absolute atomic E-state index is 13.8. The molecule has 0 heterocycles. The van der Waals surface area contributed by atoms with Gasteiger partial charge in [-0.05, 0) is 31.2 Å². The third kappa shape index (κ3) is 3.07. The van der Waals surface area contributed by atoms with Crippen molar-refractivity contribution in [2.24, 2.45) is 0 Å². The van der Waals surface area contributed by atoms with Crippen LogP contribution in [0, 0.1) is 12.7 Å². The second-order valence-corrected chi connectivity index (χ2v) is 6.39. The number of nitrogens with one attached hydrogen (secondary N) is 1. The number of hydrogen-bond donors (Lipinski definition) is 1. The summed E-state index contributed by atoms with van der Waals surface area (Å²) < 4.78 is 39.0. The number of benzene rings is 1. The van der Waals surface area contributed by atoms with Gasteiger partial charge < -0.3 is 5.32 Å². The molecule has 0 aromatic heterocycles. The average Bonchev–Trinajstić information content (AvgIpc) is 2.29. The molecule has 4 nitrogen and oxygen atoms in total. The topological polar surface area (TPSA) is 49.4 Å². The van der Waals surface area contributed by atoms with Gasteiger partial charge in [0.1, 0.15) is 5.82 Å². The fourth-order valence-electron chi connectivity index (χ4n) is 1.54. The van der Waals surface area contributed by atoms with Gasteiger partial charge in [-0.25, -0.2) is 17.1 Å². The summed E-state index contributed by atoms with van der Waals surface area (Å²) in [7, 11) is -0.744. The molecule has 0 saturated carbocycles. The Morgan fingerprint density at radius 2 is 1.94 bits per heavy atom. The molecule has 18 heavy (non-hydrogen) atoms. The Labute approximate surface area is 108 Å². The lowest BCUT2D eigenvalue weighted by atomic mass is 10.1. The molecule has 1 aromatic rings. The molecule has 1 N–H and O–H groups in total. The van der Waals surface area contributed by atoms with Gasteiger partial charge in [0.05, 0.1) is 4.90 Å². The van der Waals surface area contributed by atoms with E-state index in [0.717, 1.165) is 10.8 Å². The van der Waals surface area contributed by atoms with Crippen LogP contribution in [0.15, 0.2) is 17.0 Å². The Morgan fingerprint density at radius 3 is 2.44 bits per heavy atom. The molecular formula is C12H19FN2O2S. The minimum atomic E-state index is -3.61. The molecule has 0 radical (unpaired) electrons. The third-order valence-electron chi connectivity index (χ3n) is 2.69. The summed E-state index contributed by atoms with van der Waals surface area (Å²) in [6.45, 7) is 4.60. The van der Waals surface area contributed by atoms with Gasteiger partial charge in [-0.3, -0.25) is 0 Å². The summed E-state index contributed by atoms with van der Waals surface area (Å²) in [5, 5.41) is 3.04. The van der Waals surface area contributed by atoms with Crippen LogP contribution in [0.25, 0.3) is 0 Å². The van der Waals surface area contributed by atoms with Gasteiger partial charge >= 0.3 is 0 Å². The van der Waals surface area contributed by atoms with Crippen molar-refractivity contribution in [3.63, 3.8) is 0 Å². The maximum atomic E-state index is 13.8. The van der Waals surface area contributed by atoms with E-state index in [9.17, 15) is 12.8 Å². The summed E-state index contributed by atoms with van der Waals surface area (Å²) in [5.74, 6) is -0.495. The fraction of sp³-hybridized carbons (Fsp3) is 0.500. The molecule has 0 bridgehead atoms. The highest BCUT2D eigenvalue weighted by Gasteiger charge is 2.22. The highest BCUT2D eigenvalue weighted by Crippen LogP contribution is 2.22. The molecule has 0 aliphatic heterocycles. The van der Waals surface area contributed by atoms with Crippen molar-refractivity contribution in [2.75, 3.05) is 20.6 Å². The van der Waals surface area contributed by atoms with Crippen molar-refractivity contribution < 1.29 is 12.8 Å². The number of hydrogen-bond acceptors (Lipinski definition) is 3. The Bertz CT molecular complexity index is 527. The zero-order valence-electron chi connectivity index (χ0n) is 11.1. The molecule has 102 valence electrons. The zero-order valence-corrected chi connectivity index (χ0v) is 11.9. The standard InChI is InChI=1S/C12H19FN2O2S/c1-5-14-8-10-6-11(13)9(2)12(7-10)18(16,17)15(3)4/h6-7,14H,5,8H2,1-4H3. The minimum absolute atomic E-state index is 0.0282. The molecule has 6 heteroatoms. The molecule has 1 rings (SSSR count). The Hall–Kier alpha value is -0.980. The fourth-order valence-corrected chi connectivity index (χ4v) is 2.72. The van der Waals surface area contributed by atoms with Gasteiger partial charge in [-0.1, -0.05) is 6.92 Å². The third-order valence-corrected chi connectivity index (χ3v) is 4.64. The van der Waals surface area contributed by atoms with Crippen molar-refractivity contribution in [3.05, 3.63) is 29.1 Å². The first-order valence-electron chi connectivity index (χ1n) is 5.73. The minimum Gasteiger partial charge on any atom is -0.313 e. The van der Waals surface area contributed by atoms with Gasteiger partial charge in [0.2, 0.25) is 10.0 Å². The van der Waals surface area contributed by atoms with Gasteiger partial charge in [-0.2, -0.15) is 0 Å². The van der Waals surface area contributed by atoms with Crippen LogP contribution in [0.1, 0.15) is 18.1 Å². The SMILES string of the molecule is CCNCc1cc(F)c(C)c(S(=O)(=O)N(C)C)c1. The van der Waals surface area contributed by atoms with E-state index < -0.39 is 15.8 Å². The molecule has 0 atom stereocenters. The summed E-state index contributed by atoms with van der Waals surface area (Å²) in [6, 6.07) is 2.89. The first-order valence-corrected chi connectivity index (χ1v) is 7.17. The van der Waals surface area contributed by atoms with E-state index >= 15 is 0 Å². The predicted octanol–water partition coefficient (Wildman–Crippen LogP) is 1.49. The summed E-state index contributed by atoms with van der Waals surface area (Å²) in [5.41, 5.74) is 0.782. The molecule has 0 saturated heterocycles. The maximum Gasteiger partial charge on any atom is 0.242 e. The molecular weight excluding hydrogens is 255 g/mol. The smallest absolute Gasteiger partial charge is 0.242 e. The van der Waals surface area contributed by atoms with Crippen molar-refractivity contribution in [2.45, 2.75) is 25.3 Å². The Morgan fingerprint density at radius 1 is 1.33 bits per heavy atom. The normalized spacial score (nSPS) is 12.1. The quantitative estimate of drug-likeness (QED) is 0.885. The van der Waals surface area contributed by atoms with Crippen LogP contribution in [-0.4, -0.2) is 33.4 Å². The van der Waals surface area contributed by atoms with Crippen LogP contribution in [0.4, 0.5) is 4.39 Å². The average molecular weight is 274 g/mol. The Kier molecular flexibility index (Phi) is 4.84. The van der Waals surface area contributed by atoms with Crippen LogP contribution in [0.2, 0.25) is 0 Å². The van der Waals surface area contributed by atoms with E-state index in [1.165, 1.54) is 33.2 Å². The summed E-state index contributed by atoms with van der Waals surface area (Å²) in [6.07, 6.45) is 0. The monoisotopic (exact) mass is 274 g/mol. The molecule has 0 unspecified atom stereocenters. The van der Waals surface area contributed by atoms with Crippen LogP contribution >= 0.6 is 0 Å². The lowest BCUT2D eigenvalue weighted by Gasteiger charge is -2.15. The molecule has 0 fully saturated rings. The first kappa shape index (κ1) is 15.1. The molecule has 1 aromatic carbocycles. The van der Waals surface area contributed by atoms with E-state index in [0.29, 0.717) is 12.1 Å². The first-order chi connectivity index (χ1) is 8.30. The van der Waals surface area contributed by atoms with Gasteiger partial charge in [0.25, 0.3) is 0 Å². The van der Waals surface area contributed by atoms with E-state index in [1.807, 2.05) is 6.92 Å². The van der Waals surface area contributed by atoms with Crippen LogP contribution in [0.3, 0.4) is 0 Å². The second kappa shape index (κ2) is 5.77. The highest BCUT2D eigenvalue weighted by molar-refractivity contribution is 7.89. The number of rotatable bonds is 5.